The molecule has 3 aromatic rings. The first kappa shape index (κ1) is 24.5. The van der Waals surface area contributed by atoms with E-state index in [0.717, 1.165) is 11.3 Å². The van der Waals surface area contributed by atoms with Crippen molar-refractivity contribution in [2.45, 2.75) is 38.5 Å². The van der Waals surface area contributed by atoms with Gasteiger partial charge in [0, 0.05) is 18.5 Å². The molecule has 38 heavy (non-hydrogen) atoms. The fourth-order valence-corrected chi connectivity index (χ4v) is 6.65. The van der Waals surface area contributed by atoms with Crippen LogP contribution in [-0.4, -0.2) is 52.8 Å². The average Bonchev–Trinajstić information content (AvgIpc) is 3.34. The lowest BCUT2D eigenvalue weighted by atomic mass is 9.66. The maximum absolute atomic E-state index is 15.8. The molecule has 3 aliphatic heterocycles. The number of barbiturate groups is 1. The number of fused-ring (bicyclic) bond motifs is 4. The number of imide groups is 2. The summed E-state index contributed by atoms with van der Waals surface area (Å²) in [6, 6.07) is 5.25. The molecule has 2 saturated heterocycles. The van der Waals surface area contributed by atoms with E-state index >= 15 is 8.78 Å². The van der Waals surface area contributed by atoms with Crippen molar-refractivity contribution >= 4 is 34.9 Å². The van der Waals surface area contributed by atoms with E-state index in [1.165, 1.54) is 29.2 Å². The van der Waals surface area contributed by atoms with Gasteiger partial charge in [0.1, 0.15) is 5.82 Å². The van der Waals surface area contributed by atoms with E-state index in [0.29, 0.717) is 0 Å². The molecule has 4 amide bonds. The second kappa shape index (κ2) is 8.60. The van der Waals surface area contributed by atoms with Gasteiger partial charge in [-0.1, -0.05) is 23.5 Å². The van der Waals surface area contributed by atoms with Crippen LogP contribution in [0, 0.1) is 22.9 Å². The molecule has 3 aliphatic rings. The lowest BCUT2D eigenvalue weighted by molar-refractivity contribution is -0.153. The molecule has 9 nitrogen and oxygen atoms in total. The molecule has 0 aliphatic carbocycles. The highest BCUT2D eigenvalue weighted by Gasteiger charge is 2.63. The summed E-state index contributed by atoms with van der Waals surface area (Å²) in [4.78, 5) is 39.9. The number of hydrogen-bond acceptors (Lipinski definition) is 8. The van der Waals surface area contributed by atoms with Crippen LogP contribution in [0.5, 0.6) is 0 Å². The predicted molar refractivity (Wildman–Crippen MR) is 130 cm³/mol. The van der Waals surface area contributed by atoms with Crippen molar-refractivity contribution in [3.63, 3.8) is 0 Å². The fourth-order valence-electron chi connectivity index (χ4n) is 5.77. The molecule has 3 atom stereocenters. The monoisotopic (exact) mass is 543 g/mol. The Kier molecular flexibility index (Phi) is 5.54. The van der Waals surface area contributed by atoms with Gasteiger partial charge in [-0.2, -0.15) is 0 Å². The molecule has 1 unspecified atom stereocenters. The van der Waals surface area contributed by atoms with Crippen LogP contribution in [0.3, 0.4) is 0 Å². The smallest absolute Gasteiger partial charge is 0.328 e. The van der Waals surface area contributed by atoms with Gasteiger partial charge in [0.2, 0.25) is 11.8 Å². The molecule has 6 rings (SSSR count). The number of benzene rings is 2. The molecule has 4 heterocycles. The molecule has 13 heteroatoms. The minimum Gasteiger partial charge on any atom is -0.372 e. The number of aromatic nitrogens is 2. The van der Waals surface area contributed by atoms with Gasteiger partial charge in [-0.15, -0.1) is 10.2 Å². The first-order chi connectivity index (χ1) is 18.1. The van der Waals surface area contributed by atoms with E-state index in [1.807, 2.05) is 0 Å². The SMILES string of the molecule is C[C@H]1CN2c3c(cc(-c4nnc(-c5ccccc5F)s4)c(F)c3F)CC3(C(=O)NC(=O)NC3=O)C2[C@@H](C)O1. The van der Waals surface area contributed by atoms with Crippen LogP contribution in [0.15, 0.2) is 30.3 Å². The van der Waals surface area contributed by atoms with E-state index in [-0.39, 0.29) is 45.4 Å². The average molecular weight is 544 g/mol. The lowest BCUT2D eigenvalue weighted by Gasteiger charge is -2.55. The first-order valence-corrected chi connectivity index (χ1v) is 12.6. The van der Waals surface area contributed by atoms with Crippen molar-refractivity contribution in [1.82, 2.24) is 20.8 Å². The molecule has 196 valence electrons. The van der Waals surface area contributed by atoms with Gasteiger partial charge in [-0.3, -0.25) is 20.2 Å². The van der Waals surface area contributed by atoms with Crippen LogP contribution in [0.25, 0.3) is 21.1 Å². The highest BCUT2D eigenvalue weighted by atomic mass is 32.1. The van der Waals surface area contributed by atoms with Crippen LogP contribution in [-0.2, 0) is 20.7 Å². The van der Waals surface area contributed by atoms with Crippen LogP contribution < -0.4 is 15.5 Å². The summed E-state index contributed by atoms with van der Waals surface area (Å²) in [7, 11) is 0. The summed E-state index contributed by atoms with van der Waals surface area (Å²) in [5.74, 6) is -4.59. The minimum absolute atomic E-state index is 0.00457. The Hall–Kier alpha value is -3.84. The van der Waals surface area contributed by atoms with Gasteiger partial charge >= 0.3 is 6.03 Å². The summed E-state index contributed by atoms with van der Waals surface area (Å²) in [5, 5.41) is 12.4. The summed E-state index contributed by atoms with van der Waals surface area (Å²) in [5.41, 5.74) is -1.83. The number of rotatable bonds is 2. The van der Waals surface area contributed by atoms with Crippen molar-refractivity contribution < 1.29 is 32.3 Å². The quantitative estimate of drug-likeness (QED) is 0.478. The summed E-state index contributed by atoms with van der Waals surface area (Å²) in [6.45, 7) is 3.46. The number of carbonyl (C=O) groups excluding carboxylic acids is 3. The normalized spacial score (nSPS) is 24.1. The van der Waals surface area contributed by atoms with Crippen LogP contribution in [0.2, 0.25) is 0 Å². The number of hydrogen-bond donors (Lipinski definition) is 2. The molecule has 0 bridgehead atoms. The Morgan fingerprint density at radius 2 is 1.66 bits per heavy atom. The van der Waals surface area contributed by atoms with Crippen molar-refractivity contribution in [3.8, 4) is 21.1 Å². The lowest BCUT2D eigenvalue weighted by Crippen LogP contribution is -2.75. The van der Waals surface area contributed by atoms with Gasteiger partial charge in [-0.25, -0.2) is 18.0 Å². The van der Waals surface area contributed by atoms with E-state index in [2.05, 4.69) is 20.8 Å². The Morgan fingerprint density at radius 1 is 1.00 bits per heavy atom. The van der Waals surface area contributed by atoms with E-state index in [4.69, 9.17) is 4.74 Å². The van der Waals surface area contributed by atoms with Crippen LogP contribution in [0.4, 0.5) is 23.7 Å². The van der Waals surface area contributed by atoms with Gasteiger partial charge in [-0.05, 0) is 37.6 Å². The van der Waals surface area contributed by atoms with E-state index in [1.54, 1.807) is 19.9 Å². The number of urea groups is 1. The molecule has 1 spiro atoms. The summed E-state index contributed by atoms with van der Waals surface area (Å²) >= 11 is 0.873. The molecular weight excluding hydrogens is 523 g/mol. The van der Waals surface area contributed by atoms with Gasteiger partial charge in [0.15, 0.2) is 27.1 Å². The van der Waals surface area contributed by atoms with Crippen molar-refractivity contribution in [3.05, 3.63) is 53.3 Å². The maximum Gasteiger partial charge on any atom is 0.328 e. The standard InChI is InChI=1S/C25H20F3N5O4S/c1-10-9-33-18-12(8-25(19(33)11(2)37-10)22(34)29-24(36)30-23(25)35)7-14(16(27)17(18)28)21-32-31-20(38-21)13-5-3-4-6-15(13)26/h3-7,10-11,19H,8-9H2,1-2H3,(H2,29,30,34,35,36)/t10-,11+,19?/m0/s1. The molecule has 0 saturated carbocycles. The van der Waals surface area contributed by atoms with Gasteiger partial charge in [0.25, 0.3) is 0 Å². The van der Waals surface area contributed by atoms with Crippen molar-refractivity contribution in [1.29, 1.82) is 0 Å². The Morgan fingerprint density at radius 3 is 2.34 bits per heavy atom. The second-order valence-electron chi connectivity index (χ2n) is 9.59. The Bertz CT molecular complexity index is 1510. The van der Waals surface area contributed by atoms with Crippen molar-refractivity contribution in [2.75, 3.05) is 11.4 Å². The number of amides is 4. The molecule has 0 radical (unpaired) electrons. The topological polar surface area (TPSA) is 114 Å². The zero-order valence-electron chi connectivity index (χ0n) is 20.0. The minimum atomic E-state index is -1.85. The number of nitrogens with one attached hydrogen (secondary N) is 2. The fraction of sp³-hybridized carbons (Fsp3) is 0.320. The number of morpholine rings is 1. The van der Waals surface area contributed by atoms with Gasteiger partial charge < -0.3 is 9.64 Å². The zero-order valence-corrected chi connectivity index (χ0v) is 20.9. The Labute approximate surface area is 218 Å². The molecule has 2 aromatic carbocycles. The van der Waals surface area contributed by atoms with E-state index in [9.17, 15) is 18.8 Å². The van der Waals surface area contributed by atoms with Crippen LogP contribution >= 0.6 is 11.3 Å². The number of carbonyl (C=O) groups is 3. The first-order valence-electron chi connectivity index (χ1n) is 11.8. The highest BCUT2D eigenvalue weighted by molar-refractivity contribution is 7.17. The number of nitrogens with zero attached hydrogens (tertiary/aromatic N) is 3. The third-order valence-electron chi connectivity index (χ3n) is 7.23. The number of ether oxygens (including phenoxy) is 1. The number of halogens is 3. The molecule has 2 fully saturated rings. The summed E-state index contributed by atoms with van der Waals surface area (Å²) in [6.07, 6.45) is -1.47. The predicted octanol–water partition coefficient (Wildman–Crippen LogP) is 3.18. The molecular formula is C25H20F3N5O4S. The molecule has 1 aromatic heterocycles. The van der Waals surface area contributed by atoms with E-state index < -0.39 is 59.0 Å². The third-order valence-corrected chi connectivity index (χ3v) is 8.22. The third kappa shape index (κ3) is 3.45. The van der Waals surface area contributed by atoms with Crippen LogP contribution in [0.1, 0.15) is 19.4 Å². The second-order valence-corrected chi connectivity index (χ2v) is 10.6. The maximum atomic E-state index is 15.8. The van der Waals surface area contributed by atoms with Crippen molar-refractivity contribution in [2.24, 2.45) is 5.41 Å². The summed E-state index contributed by atoms with van der Waals surface area (Å²) < 4.78 is 51.6. The zero-order chi connectivity index (χ0) is 26.9. The number of anilines is 1. The largest absolute Gasteiger partial charge is 0.372 e. The highest BCUT2D eigenvalue weighted by Crippen LogP contribution is 2.49. The Balaban J connectivity index is 1.52. The van der Waals surface area contributed by atoms with Gasteiger partial charge in [0.05, 0.1) is 29.5 Å². The molecule has 2 N–H and O–H groups in total.